The van der Waals surface area contributed by atoms with Gasteiger partial charge in [-0.15, -0.1) is 23.2 Å². The number of esters is 2. The van der Waals surface area contributed by atoms with Crippen LogP contribution in [0.3, 0.4) is 0 Å². The molecule has 6 heteroatoms. The van der Waals surface area contributed by atoms with Crippen molar-refractivity contribution in [3.05, 3.63) is 0 Å². The Labute approximate surface area is 118 Å². The van der Waals surface area contributed by atoms with Crippen molar-refractivity contribution in [1.82, 2.24) is 0 Å². The van der Waals surface area contributed by atoms with Gasteiger partial charge in [0.15, 0.2) is 0 Å². The first-order valence-electron chi connectivity index (χ1n) is 6.14. The maximum atomic E-state index is 11.2. The maximum absolute atomic E-state index is 11.2. The topological polar surface area (TPSA) is 52.6 Å². The van der Waals surface area contributed by atoms with E-state index in [4.69, 9.17) is 32.7 Å². The zero-order chi connectivity index (χ0) is 13.6. The molecule has 4 nitrogen and oxygen atoms in total. The third-order valence-corrected chi connectivity index (χ3v) is 2.63. The van der Waals surface area contributed by atoms with Gasteiger partial charge in [-0.25, -0.2) is 0 Å². The molecule has 0 heterocycles. The SMILES string of the molecule is O=C(CCCCC(=O)OCCCCl)OCCCCl. The predicted octanol–water partition coefficient (Wildman–Crippen LogP) is 2.89. The van der Waals surface area contributed by atoms with Gasteiger partial charge in [-0.2, -0.15) is 0 Å². The number of carbonyl (C=O) groups is 2. The van der Waals surface area contributed by atoms with Crippen molar-refractivity contribution in [3.63, 3.8) is 0 Å². The normalized spacial score (nSPS) is 10.1. The molecule has 0 aromatic rings. The number of alkyl halides is 2. The van der Waals surface area contributed by atoms with Crippen LogP contribution in [-0.4, -0.2) is 36.9 Å². The van der Waals surface area contributed by atoms with Crippen LogP contribution in [0.4, 0.5) is 0 Å². The van der Waals surface area contributed by atoms with Gasteiger partial charge >= 0.3 is 11.9 Å². The molecule has 18 heavy (non-hydrogen) atoms. The molecule has 0 N–H and O–H groups in total. The van der Waals surface area contributed by atoms with Crippen molar-refractivity contribution in [1.29, 1.82) is 0 Å². The van der Waals surface area contributed by atoms with Crippen molar-refractivity contribution in [3.8, 4) is 0 Å². The molecule has 0 radical (unpaired) electrons. The highest BCUT2D eigenvalue weighted by molar-refractivity contribution is 6.18. The molecule has 0 saturated carbocycles. The van der Waals surface area contributed by atoms with Crippen molar-refractivity contribution >= 4 is 35.1 Å². The van der Waals surface area contributed by atoms with Crippen LogP contribution in [0.15, 0.2) is 0 Å². The third kappa shape index (κ3) is 12.0. The Morgan fingerprint density at radius 3 is 1.44 bits per heavy atom. The Bertz CT molecular complexity index is 210. The zero-order valence-corrected chi connectivity index (χ0v) is 12.0. The minimum atomic E-state index is -0.240. The summed E-state index contributed by atoms with van der Waals surface area (Å²) in [4.78, 5) is 22.4. The molecule has 0 aromatic carbocycles. The molecular formula is C12H20Cl2O4. The van der Waals surface area contributed by atoms with Gasteiger partial charge in [-0.05, 0) is 25.7 Å². The zero-order valence-electron chi connectivity index (χ0n) is 10.5. The molecule has 0 aliphatic carbocycles. The van der Waals surface area contributed by atoms with E-state index in [0.29, 0.717) is 63.5 Å². The average molecular weight is 299 g/mol. The molecule has 0 rings (SSSR count). The van der Waals surface area contributed by atoms with Crippen LogP contribution in [0.25, 0.3) is 0 Å². The lowest BCUT2D eigenvalue weighted by atomic mass is 10.2. The number of rotatable bonds is 11. The Morgan fingerprint density at radius 1 is 0.722 bits per heavy atom. The molecule has 0 aliphatic rings. The van der Waals surface area contributed by atoms with E-state index in [9.17, 15) is 9.59 Å². The fraction of sp³-hybridized carbons (Fsp3) is 0.833. The van der Waals surface area contributed by atoms with Crippen molar-refractivity contribution < 1.29 is 19.1 Å². The Kier molecular flexibility index (Phi) is 12.6. The summed E-state index contributed by atoms with van der Waals surface area (Å²) in [7, 11) is 0. The highest BCUT2D eigenvalue weighted by Gasteiger charge is 2.05. The van der Waals surface area contributed by atoms with Crippen LogP contribution in [0.1, 0.15) is 38.5 Å². The van der Waals surface area contributed by atoms with Gasteiger partial charge in [0, 0.05) is 24.6 Å². The van der Waals surface area contributed by atoms with E-state index >= 15 is 0 Å². The lowest BCUT2D eigenvalue weighted by Crippen LogP contribution is -2.08. The number of halogens is 2. The molecule has 0 saturated heterocycles. The van der Waals surface area contributed by atoms with Gasteiger partial charge in [-0.1, -0.05) is 0 Å². The summed E-state index contributed by atoms with van der Waals surface area (Å²) in [6.07, 6.45) is 3.25. The first-order valence-corrected chi connectivity index (χ1v) is 7.20. The van der Waals surface area contributed by atoms with Gasteiger partial charge in [0.25, 0.3) is 0 Å². The van der Waals surface area contributed by atoms with Gasteiger partial charge in [0.1, 0.15) is 0 Å². The predicted molar refractivity (Wildman–Crippen MR) is 71.1 cm³/mol. The number of hydrogen-bond donors (Lipinski definition) is 0. The second-order valence-electron chi connectivity index (χ2n) is 3.73. The molecule has 0 amide bonds. The highest BCUT2D eigenvalue weighted by atomic mass is 35.5. The van der Waals surface area contributed by atoms with Crippen LogP contribution in [0.2, 0.25) is 0 Å². The number of hydrogen-bond acceptors (Lipinski definition) is 4. The molecule has 0 unspecified atom stereocenters. The first-order chi connectivity index (χ1) is 8.70. The number of carbonyl (C=O) groups excluding carboxylic acids is 2. The van der Waals surface area contributed by atoms with Gasteiger partial charge in [0.05, 0.1) is 13.2 Å². The Hall–Kier alpha value is -0.480. The second-order valence-corrected chi connectivity index (χ2v) is 4.49. The summed E-state index contributed by atoms with van der Waals surface area (Å²) < 4.78 is 9.83. The second kappa shape index (κ2) is 13.0. The number of unbranched alkanes of at least 4 members (excludes halogenated alkanes) is 1. The molecule has 106 valence electrons. The summed E-state index contributed by atoms with van der Waals surface area (Å²) in [5, 5.41) is 0. The molecule has 0 fully saturated rings. The third-order valence-electron chi connectivity index (χ3n) is 2.09. The smallest absolute Gasteiger partial charge is 0.305 e. The summed E-state index contributed by atoms with van der Waals surface area (Å²) in [6, 6.07) is 0. The molecule has 0 spiro atoms. The van der Waals surface area contributed by atoms with Crippen molar-refractivity contribution in [2.24, 2.45) is 0 Å². The molecule has 0 aliphatic heterocycles. The molecule has 0 bridgehead atoms. The van der Waals surface area contributed by atoms with Crippen LogP contribution in [-0.2, 0) is 19.1 Å². The van der Waals surface area contributed by atoms with Crippen LogP contribution < -0.4 is 0 Å². The summed E-state index contributed by atoms with van der Waals surface area (Å²) in [5.74, 6) is 0.495. The van der Waals surface area contributed by atoms with E-state index in [2.05, 4.69) is 0 Å². The van der Waals surface area contributed by atoms with Crippen LogP contribution >= 0.6 is 23.2 Å². The monoisotopic (exact) mass is 298 g/mol. The van der Waals surface area contributed by atoms with E-state index < -0.39 is 0 Å². The van der Waals surface area contributed by atoms with Crippen LogP contribution in [0.5, 0.6) is 0 Å². The minimum absolute atomic E-state index is 0.240. The van der Waals surface area contributed by atoms with Gasteiger partial charge < -0.3 is 9.47 Å². The minimum Gasteiger partial charge on any atom is -0.466 e. The van der Waals surface area contributed by atoms with E-state index in [0.717, 1.165) is 0 Å². The van der Waals surface area contributed by atoms with E-state index in [1.165, 1.54) is 0 Å². The maximum Gasteiger partial charge on any atom is 0.305 e. The largest absolute Gasteiger partial charge is 0.466 e. The summed E-state index contributed by atoms with van der Waals surface area (Å²) in [5.41, 5.74) is 0. The van der Waals surface area contributed by atoms with E-state index in [-0.39, 0.29) is 11.9 Å². The summed E-state index contributed by atoms with van der Waals surface area (Å²) >= 11 is 10.9. The Morgan fingerprint density at radius 2 is 1.11 bits per heavy atom. The average Bonchev–Trinajstić information content (AvgIpc) is 2.35. The van der Waals surface area contributed by atoms with Crippen LogP contribution in [0, 0.1) is 0 Å². The fourth-order valence-corrected chi connectivity index (χ4v) is 1.38. The Balaban J connectivity index is 3.32. The first kappa shape index (κ1) is 17.5. The standard InChI is InChI=1S/C12H20Cl2O4/c13-7-3-9-17-11(15)5-1-2-6-12(16)18-10-4-8-14/h1-10H2. The fourth-order valence-electron chi connectivity index (χ4n) is 1.16. The molecular weight excluding hydrogens is 279 g/mol. The highest BCUT2D eigenvalue weighted by Crippen LogP contribution is 2.03. The van der Waals surface area contributed by atoms with Crippen molar-refractivity contribution in [2.45, 2.75) is 38.5 Å². The lowest BCUT2D eigenvalue weighted by molar-refractivity contribution is -0.145. The summed E-state index contributed by atoms with van der Waals surface area (Å²) in [6.45, 7) is 0.728. The van der Waals surface area contributed by atoms with Gasteiger partial charge in [-0.3, -0.25) is 9.59 Å². The molecule has 0 atom stereocenters. The van der Waals surface area contributed by atoms with Gasteiger partial charge in [0.2, 0.25) is 0 Å². The lowest BCUT2D eigenvalue weighted by Gasteiger charge is -2.04. The molecule has 0 aromatic heterocycles. The van der Waals surface area contributed by atoms with E-state index in [1.807, 2.05) is 0 Å². The van der Waals surface area contributed by atoms with Crippen molar-refractivity contribution in [2.75, 3.05) is 25.0 Å². The van der Waals surface area contributed by atoms with E-state index in [1.54, 1.807) is 0 Å². The number of ether oxygens (including phenoxy) is 2. The quantitative estimate of drug-likeness (QED) is 0.334.